The summed E-state index contributed by atoms with van der Waals surface area (Å²) in [7, 11) is -0.301. The first-order valence-electron chi connectivity index (χ1n) is 11.1. The minimum atomic E-state index is -3.45. The lowest BCUT2D eigenvalue weighted by molar-refractivity contribution is 0.310. The van der Waals surface area contributed by atoms with Gasteiger partial charge < -0.3 is 19.2 Å². The maximum Gasteiger partial charge on any atom is 0.327 e. The lowest BCUT2D eigenvalue weighted by Crippen LogP contribution is -2.28. The minimum Gasteiger partial charge on any atom is -0.496 e. The van der Waals surface area contributed by atoms with Crippen LogP contribution in [-0.2, 0) is 9.84 Å². The van der Waals surface area contributed by atoms with Crippen molar-refractivity contribution < 1.29 is 22.6 Å². The molecule has 4 aromatic rings. The Morgan fingerprint density at radius 3 is 2.37 bits per heavy atom. The van der Waals surface area contributed by atoms with Crippen LogP contribution in [0.2, 0.25) is 0 Å². The summed E-state index contributed by atoms with van der Waals surface area (Å²) in [6.07, 6.45) is 1.16. The molecule has 1 aromatic heterocycles. The highest BCUT2D eigenvalue weighted by molar-refractivity contribution is 7.90. The molecular formula is C26H28N2O6S. The molecule has 0 aliphatic carbocycles. The molecule has 0 fully saturated rings. The van der Waals surface area contributed by atoms with Gasteiger partial charge in [0.1, 0.15) is 15.6 Å². The average molecular weight is 497 g/mol. The van der Waals surface area contributed by atoms with Crippen molar-refractivity contribution in [2.24, 2.45) is 0 Å². The third-order valence-electron chi connectivity index (χ3n) is 5.78. The predicted molar refractivity (Wildman–Crippen MR) is 137 cm³/mol. The molecule has 1 N–H and O–H groups in total. The topological polar surface area (TPSA) is 99.6 Å². The van der Waals surface area contributed by atoms with E-state index in [1.165, 1.54) is 11.7 Å². The van der Waals surface area contributed by atoms with Crippen LogP contribution in [0.15, 0.2) is 65.5 Å². The molecule has 1 heterocycles. The fourth-order valence-electron chi connectivity index (χ4n) is 4.27. The molecule has 8 nitrogen and oxygen atoms in total. The number of fused-ring (bicyclic) bond motifs is 1. The zero-order valence-corrected chi connectivity index (χ0v) is 20.9. The highest BCUT2D eigenvalue weighted by Crippen LogP contribution is 2.34. The van der Waals surface area contributed by atoms with Crippen LogP contribution < -0.4 is 19.9 Å². The van der Waals surface area contributed by atoms with Crippen LogP contribution in [0.1, 0.15) is 18.5 Å². The van der Waals surface area contributed by atoms with Crippen LogP contribution in [0.25, 0.3) is 22.2 Å². The molecule has 1 atom stereocenters. The molecule has 0 aliphatic heterocycles. The Balaban J connectivity index is 1.88. The van der Waals surface area contributed by atoms with E-state index in [1.807, 2.05) is 49.4 Å². The van der Waals surface area contributed by atoms with Crippen molar-refractivity contribution >= 4 is 20.9 Å². The van der Waals surface area contributed by atoms with E-state index < -0.39 is 21.6 Å². The molecule has 0 radical (unpaired) electrons. The fourth-order valence-corrected chi connectivity index (χ4v) is 5.18. The number of aromatic amines is 1. The Morgan fingerprint density at radius 1 is 0.943 bits per heavy atom. The highest BCUT2D eigenvalue weighted by atomic mass is 32.2. The fraction of sp³-hybridized carbons (Fsp3) is 0.269. The Bertz CT molecular complexity index is 1520. The van der Waals surface area contributed by atoms with E-state index in [1.54, 1.807) is 25.3 Å². The van der Waals surface area contributed by atoms with Crippen molar-refractivity contribution in [3.63, 3.8) is 0 Å². The van der Waals surface area contributed by atoms with Gasteiger partial charge in [-0.15, -0.1) is 0 Å². The number of hydrogen-bond acceptors (Lipinski definition) is 6. The summed E-state index contributed by atoms with van der Waals surface area (Å²) in [5.74, 6) is 1.47. The second-order valence-corrected chi connectivity index (χ2v) is 10.4. The molecule has 0 saturated heterocycles. The van der Waals surface area contributed by atoms with Gasteiger partial charge in [-0.2, -0.15) is 0 Å². The summed E-state index contributed by atoms with van der Waals surface area (Å²) in [4.78, 5) is 16.1. The zero-order chi connectivity index (χ0) is 25.2. The van der Waals surface area contributed by atoms with Gasteiger partial charge >= 0.3 is 5.69 Å². The quantitative estimate of drug-likeness (QED) is 0.375. The van der Waals surface area contributed by atoms with E-state index in [9.17, 15) is 13.2 Å². The summed E-state index contributed by atoms with van der Waals surface area (Å²) >= 11 is 0. The van der Waals surface area contributed by atoms with E-state index in [-0.39, 0.29) is 5.75 Å². The van der Waals surface area contributed by atoms with Gasteiger partial charge in [-0.3, -0.25) is 4.57 Å². The second kappa shape index (κ2) is 9.87. The standard InChI is InChI=1S/C26H28N2O6S/c1-5-34-25-15-18(11-13-24(25)33-3)22(16-35(4,30)31)28-21-12-10-17(14-20(21)27-26(28)29)19-8-6-7-9-23(19)32-2/h6-15,22H,5,16H2,1-4H3,(H,27,29)/t22-/m1/s1. The third-order valence-corrected chi connectivity index (χ3v) is 6.70. The maximum absolute atomic E-state index is 13.2. The van der Waals surface area contributed by atoms with Gasteiger partial charge in [0.05, 0.1) is 43.7 Å². The average Bonchev–Trinajstić information content (AvgIpc) is 3.16. The largest absolute Gasteiger partial charge is 0.496 e. The first kappa shape index (κ1) is 24.4. The number of ether oxygens (including phenoxy) is 3. The summed E-state index contributed by atoms with van der Waals surface area (Å²) in [5.41, 5.74) is 3.16. The Labute approximate surface area is 204 Å². The second-order valence-electron chi connectivity index (χ2n) is 8.18. The van der Waals surface area contributed by atoms with Crippen molar-refractivity contribution in [2.75, 3.05) is 32.8 Å². The van der Waals surface area contributed by atoms with Gasteiger partial charge in [0.2, 0.25) is 0 Å². The van der Waals surface area contributed by atoms with E-state index >= 15 is 0 Å². The van der Waals surface area contributed by atoms with Crippen LogP contribution in [0.4, 0.5) is 0 Å². The number of rotatable bonds is 9. The predicted octanol–water partition coefficient (Wildman–Crippen LogP) is 4.05. The van der Waals surface area contributed by atoms with Crippen LogP contribution in [0.3, 0.4) is 0 Å². The Kier molecular flexibility index (Phi) is 6.88. The molecule has 0 saturated carbocycles. The third kappa shape index (κ3) is 5.05. The van der Waals surface area contributed by atoms with Gasteiger partial charge in [-0.1, -0.05) is 30.3 Å². The lowest BCUT2D eigenvalue weighted by Gasteiger charge is -2.20. The van der Waals surface area contributed by atoms with Crippen LogP contribution >= 0.6 is 0 Å². The normalized spacial score (nSPS) is 12.5. The summed E-state index contributed by atoms with van der Waals surface area (Å²) in [5, 5.41) is 0. The monoisotopic (exact) mass is 496 g/mol. The highest BCUT2D eigenvalue weighted by Gasteiger charge is 2.25. The molecule has 9 heteroatoms. The van der Waals surface area contributed by atoms with Gasteiger partial charge in [-0.25, -0.2) is 13.2 Å². The van der Waals surface area contributed by atoms with Crippen molar-refractivity contribution in [1.82, 2.24) is 9.55 Å². The Hall–Kier alpha value is -3.72. The maximum atomic E-state index is 13.2. The number of benzene rings is 3. The van der Waals surface area contributed by atoms with Crippen molar-refractivity contribution in [3.05, 3.63) is 76.7 Å². The number of imidazole rings is 1. The first-order chi connectivity index (χ1) is 16.8. The number of methoxy groups -OCH3 is 2. The van der Waals surface area contributed by atoms with Crippen LogP contribution in [-0.4, -0.2) is 50.8 Å². The van der Waals surface area contributed by atoms with Crippen LogP contribution in [0, 0.1) is 0 Å². The summed E-state index contributed by atoms with van der Waals surface area (Å²) in [6, 6.07) is 17.6. The van der Waals surface area contributed by atoms with Crippen LogP contribution in [0.5, 0.6) is 17.2 Å². The summed E-state index contributed by atoms with van der Waals surface area (Å²) in [6.45, 7) is 2.26. The molecule has 0 unspecified atom stereocenters. The molecule has 184 valence electrons. The van der Waals surface area contributed by atoms with E-state index in [0.29, 0.717) is 40.5 Å². The number of sulfone groups is 1. The van der Waals surface area contributed by atoms with Crippen molar-refractivity contribution in [3.8, 4) is 28.4 Å². The van der Waals surface area contributed by atoms with Crippen molar-refractivity contribution in [2.45, 2.75) is 13.0 Å². The van der Waals surface area contributed by atoms with Gasteiger partial charge in [-0.05, 0) is 48.4 Å². The molecule has 0 amide bonds. The number of para-hydroxylation sites is 1. The lowest BCUT2D eigenvalue weighted by atomic mass is 10.0. The molecule has 35 heavy (non-hydrogen) atoms. The van der Waals surface area contributed by atoms with Crippen molar-refractivity contribution in [1.29, 1.82) is 0 Å². The molecule has 4 rings (SSSR count). The molecule has 3 aromatic carbocycles. The number of nitrogens with one attached hydrogen (secondary N) is 1. The first-order valence-corrected chi connectivity index (χ1v) is 13.2. The van der Waals surface area contributed by atoms with Gasteiger partial charge in [0, 0.05) is 11.8 Å². The van der Waals surface area contributed by atoms with E-state index in [2.05, 4.69) is 4.98 Å². The minimum absolute atomic E-state index is 0.258. The number of hydrogen-bond donors (Lipinski definition) is 1. The molecule has 0 spiro atoms. The Morgan fingerprint density at radius 2 is 1.69 bits per heavy atom. The number of H-pyrrole nitrogens is 1. The number of aromatic nitrogens is 2. The smallest absolute Gasteiger partial charge is 0.327 e. The molecule has 0 aliphatic rings. The van der Waals surface area contributed by atoms with E-state index in [0.717, 1.165) is 17.4 Å². The zero-order valence-electron chi connectivity index (χ0n) is 20.1. The van der Waals surface area contributed by atoms with Gasteiger partial charge in [0.25, 0.3) is 0 Å². The van der Waals surface area contributed by atoms with Gasteiger partial charge in [0.15, 0.2) is 11.5 Å². The molecular weight excluding hydrogens is 468 g/mol. The SMILES string of the molecule is CCOc1cc([C@@H](CS(C)(=O)=O)n2c(=O)[nH]c3cc(-c4ccccc4OC)ccc32)ccc1OC. The van der Waals surface area contributed by atoms with E-state index in [4.69, 9.17) is 14.2 Å². The number of nitrogens with zero attached hydrogens (tertiary/aromatic N) is 1. The molecule has 0 bridgehead atoms. The summed E-state index contributed by atoms with van der Waals surface area (Å²) < 4.78 is 42.8.